The van der Waals surface area contributed by atoms with E-state index in [4.69, 9.17) is 23.7 Å². The van der Waals surface area contributed by atoms with Crippen molar-refractivity contribution in [3.05, 3.63) is 12.2 Å². The average Bonchev–Trinajstić information content (AvgIpc) is 2.87. The summed E-state index contributed by atoms with van der Waals surface area (Å²) in [7, 11) is 0. The van der Waals surface area contributed by atoms with E-state index < -0.39 is 11.6 Å². The van der Waals surface area contributed by atoms with E-state index in [9.17, 15) is 4.79 Å². The monoisotopic (exact) mass is 356 g/mol. The van der Waals surface area contributed by atoms with E-state index in [1.807, 2.05) is 40.7 Å². The molecule has 5 atom stereocenters. The molecule has 0 saturated carbocycles. The highest BCUT2D eigenvalue weighted by atomic mass is 16.8. The van der Waals surface area contributed by atoms with E-state index in [0.29, 0.717) is 13.2 Å². The van der Waals surface area contributed by atoms with Crippen LogP contribution < -0.4 is 0 Å². The summed E-state index contributed by atoms with van der Waals surface area (Å²) in [5, 5.41) is 0. The van der Waals surface area contributed by atoms with Gasteiger partial charge in [0.2, 0.25) is 0 Å². The summed E-state index contributed by atoms with van der Waals surface area (Å²) in [5.41, 5.74) is 0. The van der Waals surface area contributed by atoms with Crippen LogP contribution in [-0.4, -0.2) is 49.1 Å². The predicted octanol–water partition coefficient (Wildman–Crippen LogP) is 3.05. The maximum absolute atomic E-state index is 11.6. The zero-order valence-electron chi connectivity index (χ0n) is 16.4. The van der Waals surface area contributed by atoms with Crippen LogP contribution in [0, 0.1) is 11.8 Å². The van der Waals surface area contributed by atoms with Crippen molar-refractivity contribution in [3.8, 4) is 0 Å². The Morgan fingerprint density at radius 3 is 2.44 bits per heavy atom. The van der Waals surface area contributed by atoms with Gasteiger partial charge in [-0.3, -0.25) is 0 Å². The molecule has 6 nitrogen and oxygen atoms in total. The smallest absolute Gasteiger partial charge is 0.330 e. The van der Waals surface area contributed by atoms with Gasteiger partial charge in [-0.1, -0.05) is 19.9 Å². The van der Waals surface area contributed by atoms with Gasteiger partial charge in [0.1, 0.15) is 6.10 Å². The summed E-state index contributed by atoms with van der Waals surface area (Å²) >= 11 is 0. The Morgan fingerprint density at radius 1 is 1.20 bits per heavy atom. The molecule has 2 heterocycles. The zero-order chi connectivity index (χ0) is 18.8. The lowest BCUT2D eigenvalue weighted by atomic mass is 9.85. The topological polar surface area (TPSA) is 63.2 Å². The van der Waals surface area contributed by atoms with Gasteiger partial charge >= 0.3 is 5.97 Å². The molecule has 2 saturated heterocycles. The highest BCUT2D eigenvalue weighted by Crippen LogP contribution is 2.39. The molecule has 144 valence electrons. The zero-order valence-corrected chi connectivity index (χ0v) is 16.4. The Hall–Kier alpha value is -0.950. The largest absolute Gasteiger partial charge is 0.463 e. The first-order valence-corrected chi connectivity index (χ1v) is 9.07. The maximum atomic E-state index is 11.6. The van der Waals surface area contributed by atoms with Crippen molar-refractivity contribution in [2.45, 2.75) is 78.4 Å². The van der Waals surface area contributed by atoms with Crippen LogP contribution in [0.4, 0.5) is 0 Å². The van der Waals surface area contributed by atoms with Crippen LogP contribution >= 0.6 is 0 Å². The maximum Gasteiger partial charge on any atom is 0.330 e. The molecule has 0 aromatic carbocycles. The fourth-order valence-corrected chi connectivity index (χ4v) is 3.49. The minimum atomic E-state index is -0.732. The van der Waals surface area contributed by atoms with Crippen LogP contribution in [0.2, 0.25) is 0 Å². The van der Waals surface area contributed by atoms with Gasteiger partial charge in [0.05, 0.1) is 25.4 Å². The summed E-state index contributed by atoms with van der Waals surface area (Å²) in [6.07, 6.45) is 2.92. The van der Waals surface area contributed by atoms with Gasteiger partial charge in [0.25, 0.3) is 0 Å². The first kappa shape index (κ1) is 20.4. The molecule has 0 spiro atoms. The van der Waals surface area contributed by atoms with Crippen molar-refractivity contribution in [2.75, 3.05) is 13.2 Å². The SMILES string of the molecule is CCOC(=O)/C=C/[C@@H](C)[C@H]1OC(C)(C)O[C@H]([C@H]2COC(C)(C)O2)[C@H]1C. The number of hydrogen-bond acceptors (Lipinski definition) is 6. The number of carbonyl (C=O) groups excluding carboxylic acids is 1. The molecular formula is C19H32O6. The van der Waals surface area contributed by atoms with Crippen molar-refractivity contribution in [3.63, 3.8) is 0 Å². The summed E-state index contributed by atoms with van der Waals surface area (Å²) < 4.78 is 29.0. The molecule has 2 aliphatic rings. The molecule has 0 bridgehead atoms. The molecule has 0 N–H and O–H groups in total. The molecule has 0 amide bonds. The Labute approximate surface area is 150 Å². The predicted molar refractivity (Wildman–Crippen MR) is 92.8 cm³/mol. The number of rotatable bonds is 5. The third-order valence-electron chi connectivity index (χ3n) is 4.61. The molecular weight excluding hydrogens is 324 g/mol. The first-order valence-electron chi connectivity index (χ1n) is 9.07. The van der Waals surface area contributed by atoms with Crippen LogP contribution in [0.3, 0.4) is 0 Å². The second-order valence-corrected chi connectivity index (χ2v) is 7.76. The molecule has 2 rings (SSSR count). The van der Waals surface area contributed by atoms with Gasteiger partial charge in [0.15, 0.2) is 11.6 Å². The van der Waals surface area contributed by atoms with Gasteiger partial charge in [-0.15, -0.1) is 0 Å². The van der Waals surface area contributed by atoms with Gasteiger partial charge in [-0.05, 0) is 34.6 Å². The molecule has 0 radical (unpaired) electrons. The molecule has 2 aliphatic heterocycles. The van der Waals surface area contributed by atoms with E-state index in [1.165, 1.54) is 6.08 Å². The third kappa shape index (κ3) is 5.26. The van der Waals surface area contributed by atoms with Crippen LogP contribution in [0.25, 0.3) is 0 Å². The molecule has 6 heteroatoms. The van der Waals surface area contributed by atoms with Crippen molar-refractivity contribution < 1.29 is 28.5 Å². The quantitative estimate of drug-likeness (QED) is 0.557. The van der Waals surface area contributed by atoms with E-state index in [0.717, 1.165) is 0 Å². The van der Waals surface area contributed by atoms with Crippen molar-refractivity contribution in [1.82, 2.24) is 0 Å². The van der Waals surface area contributed by atoms with Crippen LogP contribution in [0.1, 0.15) is 48.5 Å². The lowest BCUT2D eigenvalue weighted by Gasteiger charge is -2.48. The second kappa shape index (κ2) is 7.74. The molecule has 25 heavy (non-hydrogen) atoms. The van der Waals surface area contributed by atoms with Crippen LogP contribution in [0.5, 0.6) is 0 Å². The summed E-state index contributed by atoms with van der Waals surface area (Å²) in [5.74, 6) is -1.55. The summed E-state index contributed by atoms with van der Waals surface area (Å²) in [4.78, 5) is 11.6. The van der Waals surface area contributed by atoms with E-state index in [1.54, 1.807) is 6.92 Å². The minimum absolute atomic E-state index is 0.0282. The van der Waals surface area contributed by atoms with E-state index in [2.05, 4.69) is 6.92 Å². The number of carbonyl (C=O) groups is 1. The first-order chi connectivity index (χ1) is 11.5. The van der Waals surface area contributed by atoms with Crippen LogP contribution in [-0.2, 0) is 28.5 Å². The average molecular weight is 356 g/mol. The highest BCUT2D eigenvalue weighted by Gasteiger charge is 2.49. The number of hydrogen-bond donors (Lipinski definition) is 0. The van der Waals surface area contributed by atoms with Gasteiger partial charge in [-0.25, -0.2) is 4.79 Å². The normalized spacial score (nSPS) is 35.6. The summed E-state index contributed by atoms with van der Waals surface area (Å²) in [6, 6.07) is 0. The lowest BCUT2D eigenvalue weighted by Crippen LogP contribution is -2.56. The van der Waals surface area contributed by atoms with Crippen molar-refractivity contribution in [2.24, 2.45) is 11.8 Å². The standard InChI is InChI=1S/C19H32O6/c1-8-21-15(20)10-9-12(2)16-13(3)17(25-19(6,7)24-16)14-11-22-18(4,5)23-14/h9-10,12-14,16-17H,8,11H2,1-7H3/b10-9+/t12-,13+,14-,16-,17+/m1/s1. The van der Waals surface area contributed by atoms with Crippen molar-refractivity contribution in [1.29, 1.82) is 0 Å². The van der Waals surface area contributed by atoms with Gasteiger partial charge in [0, 0.05) is 17.9 Å². The van der Waals surface area contributed by atoms with Crippen LogP contribution in [0.15, 0.2) is 12.2 Å². The molecule has 0 aromatic rings. The van der Waals surface area contributed by atoms with Crippen molar-refractivity contribution >= 4 is 5.97 Å². The highest BCUT2D eigenvalue weighted by molar-refractivity contribution is 5.81. The van der Waals surface area contributed by atoms with E-state index >= 15 is 0 Å². The number of esters is 1. The van der Waals surface area contributed by atoms with Gasteiger partial charge < -0.3 is 23.7 Å². The van der Waals surface area contributed by atoms with E-state index in [-0.39, 0.29) is 36.1 Å². The Morgan fingerprint density at radius 2 is 1.88 bits per heavy atom. The molecule has 2 fully saturated rings. The second-order valence-electron chi connectivity index (χ2n) is 7.76. The Bertz CT molecular complexity index is 498. The number of ether oxygens (including phenoxy) is 5. The molecule has 0 unspecified atom stereocenters. The minimum Gasteiger partial charge on any atom is -0.463 e. The van der Waals surface area contributed by atoms with Gasteiger partial charge in [-0.2, -0.15) is 0 Å². The lowest BCUT2D eigenvalue weighted by molar-refractivity contribution is -0.339. The Kier molecular flexibility index (Phi) is 6.30. The summed E-state index contributed by atoms with van der Waals surface area (Å²) in [6.45, 7) is 14.4. The third-order valence-corrected chi connectivity index (χ3v) is 4.61. The molecule has 0 aromatic heterocycles. The fraction of sp³-hybridized carbons (Fsp3) is 0.842. The fourth-order valence-electron chi connectivity index (χ4n) is 3.49. The Balaban J connectivity index is 2.11. The molecule has 0 aliphatic carbocycles.